The Kier molecular flexibility index (Phi) is 13.5. The van der Waals surface area contributed by atoms with Crippen molar-refractivity contribution in [1.82, 2.24) is 4.90 Å². The summed E-state index contributed by atoms with van der Waals surface area (Å²) in [6, 6.07) is 9.78. The molecule has 0 saturated carbocycles. The molecule has 41 heavy (non-hydrogen) atoms. The number of carbonyl (C=O) groups excluding carboxylic acids is 2. The van der Waals surface area contributed by atoms with Crippen LogP contribution in [0.5, 0.6) is 0 Å². The van der Waals surface area contributed by atoms with Crippen molar-refractivity contribution in [3.8, 4) is 0 Å². The van der Waals surface area contributed by atoms with E-state index in [-0.39, 0.29) is 24.5 Å². The number of nitrogens with zero attached hydrogens (tertiary/aromatic N) is 1. The molecule has 1 amide bonds. The summed E-state index contributed by atoms with van der Waals surface area (Å²) < 4.78 is 19.9. The number of esters is 1. The van der Waals surface area contributed by atoms with Gasteiger partial charge in [0.1, 0.15) is 10.4 Å². The molecule has 0 radical (unpaired) electrons. The zero-order chi connectivity index (χ0) is 31.1. The molecule has 1 aromatic rings. The Bertz CT molecular complexity index is 987. The third-order valence-corrected chi connectivity index (χ3v) is 15.7. The summed E-state index contributed by atoms with van der Waals surface area (Å²) in [7, 11) is -2.15. The maximum absolute atomic E-state index is 14.3. The van der Waals surface area contributed by atoms with E-state index in [1.54, 1.807) is 25.7 Å². The molecule has 0 aliphatic carbocycles. The molecule has 1 fully saturated rings. The van der Waals surface area contributed by atoms with Crippen molar-refractivity contribution in [3.05, 3.63) is 35.9 Å². The van der Waals surface area contributed by atoms with Gasteiger partial charge >= 0.3 is 5.97 Å². The summed E-state index contributed by atoms with van der Waals surface area (Å²) in [6.07, 6.45) is -1.42. The molecule has 1 aliphatic heterocycles. The van der Waals surface area contributed by atoms with E-state index in [9.17, 15) is 9.59 Å². The Labute approximate surface area is 259 Å². The number of hydrogen-bond acceptors (Lipinski definition) is 7. The van der Waals surface area contributed by atoms with Gasteiger partial charge in [-0.05, 0) is 55.3 Å². The first kappa shape index (κ1) is 35.9. The second-order valence-electron chi connectivity index (χ2n) is 13.5. The van der Waals surface area contributed by atoms with Gasteiger partial charge in [0.05, 0.1) is 18.1 Å². The van der Waals surface area contributed by atoms with Crippen LogP contribution in [0.2, 0.25) is 16.6 Å². The van der Waals surface area contributed by atoms with Crippen molar-refractivity contribution in [1.29, 1.82) is 0 Å². The highest BCUT2D eigenvalue weighted by Crippen LogP contribution is 2.42. The number of thiocarbonyl (C=S) groups is 1. The topological polar surface area (TPSA) is 65.1 Å². The molecule has 1 saturated heterocycles. The number of benzene rings is 1. The lowest BCUT2D eigenvalue weighted by Crippen LogP contribution is -2.53. The largest absolute Gasteiger partial charge is 0.449 e. The zero-order valence-corrected chi connectivity index (χ0v) is 29.7. The highest BCUT2D eigenvalue weighted by molar-refractivity contribution is 8.23. The van der Waals surface area contributed by atoms with Crippen LogP contribution in [0.4, 0.5) is 0 Å². The molecule has 1 aromatic carbocycles. The summed E-state index contributed by atoms with van der Waals surface area (Å²) in [5, 5.41) is 0. The molecule has 0 unspecified atom stereocenters. The quantitative estimate of drug-likeness (QED) is 0.118. The SMILES string of the molecule is CC(C)[C@H]1CSC(=S)N1C(=O)[C@H](OC(=O)C(C)(C)C)[C@@H](CCO[Si](C(C)C)(C(C)C)C(C)C)OCc1ccccc1. The average Bonchev–Trinajstić information content (AvgIpc) is 3.27. The summed E-state index contributed by atoms with van der Waals surface area (Å²) in [5.74, 6) is 0.174. The van der Waals surface area contributed by atoms with Gasteiger partial charge in [0.25, 0.3) is 5.91 Å². The zero-order valence-electron chi connectivity index (χ0n) is 27.1. The smallest absolute Gasteiger partial charge is 0.312 e. The molecule has 0 spiro atoms. The average molecular weight is 624 g/mol. The molecule has 6 nitrogen and oxygen atoms in total. The van der Waals surface area contributed by atoms with E-state index in [1.807, 2.05) is 30.3 Å². The monoisotopic (exact) mass is 623 g/mol. The van der Waals surface area contributed by atoms with Crippen LogP contribution in [-0.4, -0.2) is 60.0 Å². The molecule has 3 atom stereocenters. The van der Waals surface area contributed by atoms with Crippen LogP contribution >= 0.6 is 24.0 Å². The van der Waals surface area contributed by atoms with Crippen molar-refractivity contribution >= 4 is 48.5 Å². The van der Waals surface area contributed by atoms with Gasteiger partial charge in [-0.25, -0.2) is 0 Å². The highest BCUT2D eigenvalue weighted by atomic mass is 32.2. The second-order valence-corrected chi connectivity index (χ2v) is 20.6. The molecular weight excluding hydrogens is 571 g/mol. The molecule has 1 heterocycles. The van der Waals surface area contributed by atoms with Crippen LogP contribution in [-0.2, 0) is 30.1 Å². The maximum Gasteiger partial charge on any atom is 0.312 e. The van der Waals surface area contributed by atoms with E-state index in [0.717, 1.165) is 11.3 Å². The third kappa shape index (κ3) is 9.11. The molecule has 1 aliphatic rings. The van der Waals surface area contributed by atoms with E-state index >= 15 is 0 Å². The Morgan fingerprint density at radius 1 is 1.00 bits per heavy atom. The van der Waals surface area contributed by atoms with Crippen molar-refractivity contribution in [2.24, 2.45) is 11.3 Å². The van der Waals surface area contributed by atoms with Crippen LogP contribution in [0, 0.1) is 11.3 Å². The van der Waals surface area contributed by atoms with Crippen molar-refractivity contribution < 1.29 is 23.5 Å². The minimum absolute atomic E-state index is 0.0651. The predicted octanol–water partition coefficient (Wildman–Crippen LogP) is 8.00. The lowest BCUT2D eigenvalue weighted by Gasteiger charge is -2.42. The fraction of sp³-hybridized carbons (Fsp3) is 0.719. The number of rotatable bonds is 14. The Hall–Kier alpha value is -1.26. The lowest BCUT2D eigenvalue weighted by atomic mass is 9.97. The first-order chi connectivity index (χ1) is 19.0. The molecular formula is C32H53NO5S2Si. The summed E-state index contributed by atoms with van der Waals surface area (Å²) >= 11 is 7.14. The number of carbonyl (C=O) groups is 2. The van der Waals surface area contributed by atoms with Gasteiger partial charge < -0.3 is 13.9 Å². The van der Waals surface area contributed by atoms with Gasteiger partial charge in [-0.3, -0.25) is 14.5 Å². The number of amides is 1. The van der Waals surface area contributed by atoms with Gasteiger partial charge in [0, 0.05) is 12.4 Å². The molecule has 0 N–H and O–H groups in total. The van der Waals surface area contributed by atoms with Crippen LogP contribution in [0.3, 0.4) is 0 Å². The van der Waals surface area contributed by atoms with E-state index < -0.39 is 31.9 Å². The van der Waals surface area contributed by atoms with Crippen LogP contribution < -0.4 is 0 Å². The Balaban J connectivity index is 2.47. The van der Waals surface area contributed by atoms with E-state index in [4.69, 9.17) is 26.1 Å². The van der Waals surface area contributed by atoms with Gasteiger partial charge in [-0.2, -0.15) is 0 Å². The molecule has 0 aromatic heterocycles. The molecule has 2 rings (SSSR count). The molecule has 9 heteroatoms. The highest BCUT2D eigenvalue weighted by Gasteiger charge is 2.47. The minimum atomic E-state index is -2.15. The number of ether oxygens (including phenoxy) is 2. The van der Waals surface area contributed by atoms with Gasteiger partial charge in [-0.15, -0.1) is 0 Å². The fourth-order valence-electron chi connectivity index (χ4n) is 5.85. The van der Waals surface area contributed by atoms with Crippen molar-refractivity contribution in [2.75, 3.05) is 12.4 Å². The first-order valence-corrected chi connectivity index (χ1v) is 18.6. The minimum Gasteiger partial charge on any atom is -0.449 e. The van der Waals surface area contributed by atoms with Crippen molar-refractivity contribution in [2.45, 2.75) is 124 Å². The Morgan fingerprint density at radius 2 is 1.56 bits per heavy atom. The standard InChI is InChI=1S/C32H53NO5S2Si/c1-21(2)26-20-40-31(39)33(26)29(34)28(38-30(35)32(9,10)11)27(36-19-25-15-13-12-14-16-25)17-18-37-41(22(3)4,23(5)6)24(7)8/h12-16,21-24,26-28H,17-20H2,1-11H3/t26-,27-,28-/m1/s1. The van der Waals surface area contributed by atoms with Crippen LogP contribution in [0.1, 0.15) is 88.1 Å². The third-order valence-electron chi connectivity index (χ3n) is 8.11. The van der Waals surface area contributed by atoms with Gasteiger partial charge in [0.2, 0.25) is 6.10 Å². The number of thioether (sulfide) groups is 1. The van der Waals surface area contributed by atoms with Gasteiger partial charge in [0.15, 0.2) is 8.32 Å². The molecule has 232 valence electrons. The number of hydrogen-bond donors (Lipinski definition) is 0. The van der Waals surface area contributed by atoms with Gasteiger partial charge in [-0.1, -0.05) is 110 Å². The molecule has 0 bridgehead atoms. The summed E-state index contributed by atoms with van der Waals surface area (Å²) in [5.41, 5.74) is 1.47. The fourth-order valence-corrected chi connectivity index (χ4v) is 13.0. The van der Waals surface area contributed by atoms with E-state index in [2.05, 4.69) is 55.4 Å². The summed E-state index contributed by atoms with van der Waals surface area (Å²) in [6.45, 7) is 23.8. The normalized spacial score (nSPS) is 18.1. The van der Waals surface area contributed by atoms with E-state index in [1.165, 1.54) is 11.8 Å². The van der Waals surface area contributed by atoms with E-state index in [0.29, 0.717) is 34.0 Å². The Morgan fingerprint density at radius 3 is 2.05 bits per heavy atom. The second kappa shape index (κ2) is 15.5. The van der Waals surface area contributed by atoms with Crippen molar-refractivity contribution in [3.63, 3.8) is 0 Å². The van der Waals surface area contributed by atoms with Crippen LogP contribution in [0.15, 0.2) is 30.3 Å². The predicted molar refractivity (Wildman–Crippen MR) is 176 cm³/mol. The maximum atomic E-state index is 14.3. The first-order valence-electron chi connectivity index (χ1n) is 15.0. The van der Waals surface area contributed by atoms with Crippen LogP contribution in [0.25, 0.3) is 0 Å². The lowest BCUT2D eigenvalue weighted by molar-refractivity contribution is -0.177. The summed E-state index contributed by atoms with van der Waals surface area (Å²) in [4.78, 5) is 29.2.